The van der Waals surface area contributed by atoms with Gasteiger partial charge in [0.25, 0.3) is 0 Å². The summed E-state index contributed by atoms with van der Waals surface area (Å²) in [6, 6.07) is 8.39. The van der Waals surface area contributed by atoms with Crippen molar-refractivity contribution in [3.63, 3.8) is 0 Å². The number of amides is 2. The molecular weight excluding hydrogens is 274 g/mol. The minimum atomic E-state index is -1.15. The molecule has 0 radical (unpaired) electrons. The summed E-state index contributed by atoms with van der Waals surface area (Å²) in [5, 5.41) is 16.6. The smallest absolute Gasteiger partial charge is 0.327 e. The zero-order valence-corrected chi connectivity index (χ0v) is 11.8. The van der Waals surface area contributed by atoms with Crippen LogP contribution in [0.4, 0.5) is 0 Å². The molecule has 0 aliphatic carbocycles. The number of nitrogens with one attached hydrogen (secondary N) is 3. The fraction of sp³-hybridized carbons (Fsp3) is 0.357. The summed E-state index contributed by atoms with van der Waals surface area (Å²) >= 11 is 0. The summed E-state index contributed by atoms with van der Waals surface area (Å²) in [6.07, 6.45) is 0. The molecule has 0 saturated carbocycles. The van der Waals surface area contributed by atoms with Gasteiger partial charge in [-0.25, -0.2) is 4.79 Å². The molecule has 1 unspecified atom stereocenters. The summed E-state index contributed by atoms with van der Waals surface area (Å²) in [4.78, 5) is 33.3. The van der Waals surface area contributed by atoms with Crippen molar-refractivity contribution in [3.8, 4) is 0 Å². The molecule has 4 N–H and O–H groups in total. The van der Waals surface area contributed by atoms with E-state index in [1.807, 2.05) is 30.3 Å². The van der Waals surface area contributed by atoms with E-state index in [4.69, 9.17) is 5.11 Å². The fourth-order valence-electron chi connectivity index (χ4n) is 1.63. The van der Waals surface area contributed by atoms with Gasteiger partial charge in [-0.15, -0.1) is 0 Å². The quantitative estimate of drug-likeness (QED) is 0.516. The van der Waals surface area contributed by atoms with Crippen LogP contribution in [0.5, 0.6) is 0 Å². The van der Waals surface area contributed by atoms with Crippen LogP contribution in [0.1, 0.15) is 12.5 Å². The van der Waals surface area contributed by atoms with E-state index in [0.29, 0.717) is 6.54 Å². The van der Waals surface area contributed by atoms with Gasteiger partial charge in [0.1, 0.15) is 6.04 Å². The molecule has 0 aliphatic heterocycles. The third-order valence-electron chi connectivity index (χ3n) is 2.64. The topological polar surface area (TPSA) is 108 Å². The highest BCUT2D eigenvalue weighted by molar-refractivity contribution is 5.82. The van der Waals surface area contributed by atoms with E-state index in [1.165, 1.54) is 6.92 Å². The number of aliphatic carboxylic acids is 1. The minimum Gasteiger partial charge on any atom is -0.480 e. The van der Waals surface area contributed by atoms with Gasteiger partial charge >= 0.3 is 5.97 Å². The van der Waals surface area contributed by atoms with Gasteiger partial charge in [0.15, 0.2) is 0 Å². The second-order valence-corrected chi connectivity index (χ2v) is 4.48. The molecule has 2 amide bonds. The summed E-state index contributed by atoms with van der Waals surface area (Å²) in [6.45, 7) is 1.61. The molecule has 1 atom stereocenters. The monoisotopic (exact) mass is 293 g/mol. The van der Waals surface area contributed by atoms with E-state index in [9.17, 15) is 14.4 Å². The first kappa shape index (κ1) is 16.6. The maximum Gasteiger partial charge on any atom is 0.327 e. The van der Waals surface area contributed by atoms with E-state index >= 15 is 0 Å². The molecule has 0 fully saturated rings. The van der Waals surface area contributed by atoms with Crippen molar-refractivity contribution in [3.05, 3.63) is 35.9 Å². The van der Waals surface area contributed by atoms with Gasteiger partial charge in [-0.2, -0.15) is 0 Å². The molecule has 1 aromatic rings. The van der Waals surface area contributed by atoms with Crippen LogP contribution in [-0.2, 0) is 20.9 Å². The van der Waals surface area contributed by atoms with Gasteiger partial charge in [-0.1, -0.05) is 30.3 Å². The van der Waals surface area contributed by atoms with E-state index in [-0.39, 0.29) is 19.0 Å². The summed E-state index contributed by atoms with van der Waals surface area (Å²) in [5.74, 6) is -1.83. The zero-order valence-electron chi connectivity index (χ0n) is 11.8. The van der Waals surface area contributed by atoms with Gasteiger partial charge in [-0.05, 0) is 5.56 Å². The lowest BCUT2D eigenvalue weighted by atomic mass is 10.2. The second kappa shape index (κ2) is 8.70. The Labute approximate surface area is 122 Å². The van der Waals surface area contributed by atoms with Crippen molar-refractivity contribution >= 4 is 17.8 Å². The Kier molecular flexibility index (Phi) is 6.90. The van der Waals surface area contributed by atoms with Crippen molar-refractivity contribution in [2.24, 2.45) is 0 Å². The molecule has 114 valence electrons. The molecule has 21 heavy (non-hydrogen) atoms. The van der Waals surface area contributed by atoms with Gasteiger partial charge in [-0.3, -0.25) is 9.59 Å². The van der Waals surface area contributed by atoms with Crippen molar-refractivity contribution in [2.75, 3.05) is 13.1 Å². The van der Waals surface area contributed by atoms with Crippen LogP contribution in [0.2, 0.25) is 0 Å². The molecule has 0 bridgehead atoms. The molecule has 0 heterocycles. The molecule has 0 spiro atoms. The Morgan fingerprint density at radius 3 is 2.43 bits per heavy atom. The first-order valence-corrected chi connectivity index (χ1v) is 6.50. The van der Waals surface area contributed by atoms with Crippen LogP contribution < -0.4 is 16.0 Å². The van der Waals surface area contributed by atoms with Crippen molar-refractivity contribution in [1.29, 1.82) is 0 Å². The van der Waals surface area contributed by atoms with Crippen molar-refractivity contribution < 1.29 is 19.5 Å². The summed E-state index contributed by atoms with van der Waals surface area (Å²) in [5.41, 5.74) is 0.979. The lowest BCUT2D eigenvalue weighted by Gasteiger charge is -2.14. The van der Waals surface area contributed by atoms with Crippen LogP contribution in [0, 0.1) is 0 Å². The summed E-state index contributed by atoms with van der Waals surface area (Å²) in [7, 11) is 0. The van der Waals surface area contributed by atoms with Crippen LogP contribution in [-0.4, -0.2) is 42.0 Å². The van der Waals surface area contributed by atoms with Gasteiger partial charge < -0.3 is 21.1 Å². The van der Waals surface area contributed by atoms with Gasteiger partial charge in [0, 0.05) is 20.0 Å². The molecule has 0 aromatic heterocycles. The number of rotatable bonds is 8. The Balaban J connectivity index is 2.26. The van der Waals surface area contributed by atoms with Crippen LogP contribution in [0.25, 0.3) is 0 Å². The first-order chi connectivity index (χ1) is 9.99. The number of hydrogen-bond donors (Lipinski definition) is 4. The van der Waals surface area contributed by atoms with Crippen LogP contribution in [0.3, 0.4) is 0 Å². The predicted octanol–water partition coefficient (Wildman–Crippen LogP) is -0.518. The summed E-state index contributed by atoms with van der Waals surface area (Å²) < 4.78 is 0. The highest BCUT2D eigenvalue weighted by Crippen LogP contribution is 1.96. The normalized spacial score (nSPS) is 11.5. The Morgan fingerprint density at radius 2 is 1.86 bits per heavy atom. The highest BCUT2D eigenvalue weighted by atomic mass is 16.4. The molecule has 7 heteroatoms. The third-order valence-corrected chi connectivity index (χ3v) is 2.64. The second-order valence-electron chi connectivity index (χ2n) is 4.48. The van der Waals surface area contributed by atoms with Gasteiger partial charge in [0.2, 0.25) is 11.8 Å². The molecule has 1 aromatic carbocycles. The first-order valence-electron chi connectivity index (χ1n) is 6.50. The average molecular weight is 293 g/mol. The van der Waals surface area contributed by atoms with Crippen LogP contribution >= 0.6 is 0 Å². The maximum absolute atomic E-state index is 11.6. The minimum absolute atomic E-state index is 0.0177. The van der Waals surface area contributed by atoms with E-state index < -0.39 is 17.9 Å². The lowest BCUT2D eigenvalue weighted by Crippen LogP contribution is -2.48. The molecule has 1 rings (SSSR count). The zero-order chi connectivity index (χ0) is 15.7. The third kappa shape index (κ3) is 7.07. The number of carbonyl (C=O) groups excluding carboxylic acids is 2. The highest BCUT2D eigenvalue weighted by Gasteiger charge is 2.17. The Hall–Kier alpha value is -2.41. The van der Waals surface area contributed by atoms with Crippen LogP contribution in [0.15, 0.2) is 30.3 Å². The molecule has 7 nitrogen and oxygen atoms in total. The molecular formula is C14H19N3O4. The van der Waals surface area contributed by atoms with Crippen molar-refractivity contribution in [2.45, 2.75) is 19.5 Å². The Bertz CT molecular complexity index is 490. The number of benzene rings is 1. The van der Waals surface area contributed by atoms with E-state index in [0.717, 1.165) is 5.56 Å². The average Bonchev–Trinajstić information content (AvgIpc) is 2.44. The van der Waals surface area contributed by atoms with E-state index in [2.05, 4.69) is 16.0 Å². The SMILES string of the molecule is CC(=O)NC(CNCC(=O)NCc1ccccc1)C(=O)O. The molecule has 0 aliphatic rings. The number of hydrogen-bond acceptors (Lipinski definition) is 4. The number of carboxylic acids is 1. The van der Waals surface area contributed by atoms with E-state index in [1.54, 1.807) is 0 Å². The Morgan fingerprint density at radius 1 is 1.19 bits per heavy atom. The largest absolute Gasteiger partial charge is 0.480 e. The fourth-order valence-corrected chi connectivity index (χ4v) is 1.63. The van der Waals surface area contributed by atoms with Crippen molar-refractivity contribution in [1.82, 2.24) is 16.0 Å². The van der Waals surface area contributed by atoms with Gasteiger partial charge in [0.05, 0.1) is 6.54 Å². The number of carboxylic acid groups (broad SMARTS) is 1. The predicted molar refractivity (Wildman–Crippen MR) is 76.4 cm³/mol. The number of carbonyl (C=O) groups is 3. The molecule has 0 saturated heterocycles. The lowest BCUT2D eigenvalue weighted by molar-refractivity contribution is -0.141. The standard InChI is InChI=1S/C14H19N3O4/c1-10(18)17-12(14(20)21)8-15-9-13(19)16-7-11-5-3-2-4-6-11/h2-6,12,15H,7-9H2,1H3,(H,16,19)(H,17,18)(H,20,21). The maximum atomic E-state index is 11.6.